The maximum Gasteiger partial charge on any atom is 0.146 e. The van der Waals surface area contributed by atoms with Gasteiger partial charge in [-0.2, -0.15) is 0 Å². The van der Waals surface area contributed by atoms with Gasteiger partial charge in [-0.3, -0.25) is 4.99 Å². The number of fused-ring (bicyclic) bond motifs is 1. The average Bonchev–Trinajstić information content (AvgIpc) is 2.80. The second-order valence-electron chi connectivity index (χ2n) is 4.79. The molecular formula is C12H13FN6. The van der Waals surface area contributed by atoms with Crippen LogP contribution < -0.4 is 11.5 Å². The van der Waals surface area contributed by atoms with Gasteiger partial charge in [0.15, 0.2) is 0 Å². The normalized spacial score (nSPS) is 21.9. The SMILES string of the molecule is CC1(c2cc(N)ccc2F)Cn2nncc2C(N)=N1. The molecule has 1 unspecified atom stereocenters. The van der Waals surface area contributed by atoms with Crippen LogP contribution in [0.1, 0.15) is 18.2 Å². The lowest BCUT2D eigenvalue weighted by molar-refractivity contribution is 0.359. The molecule has 2 heterocycles. The first kappa shape index (κ1) is 11.6. The van der Waals surface area contributed by atoms with E-state index >= 15 is 0 Å². The zero-order valence-electron chi connectivity index (χ0n) is 10.3. The molecule has 4 N–H and O–H groups in total. The third kappa shape index (κ3) is 1.74. The molecule has 0 aliphatic carbocycles. The minimum absolute atomic E-state index is 0.292. The summed E-state index contributed by atoms with van der Waals surface area (Å²) < 4.78 is 15.6. The van der Waals surface area contributed by atoms with Crippen LogP contribution in [0.2, 0.25) is 0 Å². The van der Waals surface area contributed by atoms with Crippen molar-refractivity contribution in [2.24, 2.45) is 10.7 Å². The number of anilines is 1. The number of hydrogen-bond acceptors (Lipinski definition) is 5. The zero-order chi connectivity index (χ0) is 13.6. The molecule has 0 saturated carbocycles. The van der Waals surface area contributed by atoms with Crippen LogP contribution in [0.25, 0.3) is 0 Å². The van der Waals surface area contributed by atoms with Crippen LogP contribution in [0.15, 0.2) is 29.4 Å². The van der Waals surface area contributed by atoms with Gasteiger partial charge in [-0.25, -0.2) is 9.07 Å². The second-order valence-corrected chi connectivity index (χ2v) is 4.79. The molecule has 0 fully saturated rings. The van der Waals surface area contributed by atoms with Crippen LogP contribution in [-0.4, -0.2) is 20.8 Å². The summed E-state index contributed by atoms with van der Waals surface area (Å²) in [4.78, 5) is 4.40. The van der Waals surface area contributed by atoms with E-state index in [1.54, 1.807) is 17.7 Å². The molecule has 0 amide bonds. The van der Waals surface area contributed by atoms with Crippen LogP contribution in [0.5, 0.6) is 0 Å². The summed E-state index contributed by atoms with van der Waals surface area (Å²) in [5.41, 5.74) is 12.3. The predicted molar refractivity (Wildman–Crippen MR) is 68.9 cm³/mol. The number of amidine groups is 1. The molecule has 3 rings (SSSR count). The Bertz CT molecular complexity index is 677. The van der Waals surface area contributed by atoms with E-state index in [9.17, 15) is 4.39 Å². The van der Waals surface area contributed by atoms with E-state index in [1.807, 2.05) is 0 Å². The summed E-state index contributed by atoms with van der Waals surface area (Å²) in [7, 11) is 0. The van der Waals surface area contributed by atoms with E-state index in [2.05, 4.69) is 15.3 Å². The Morgan fingerprint density at radius 2 is 2.16 bits per heavy atom. The lowest BCUT2D eigenvalue weighted by atomic mass is 9.90. The fourth-order valence-electron chi connectivity index (χ4n) is 2.32. The van der Waals surface area contributed by atoms with Crippen molar-refractivity contribution in [2.75, 3.05) is 5.73 Å². The summed E-state index contributed by atoms with van der Waals surface area (Å²) in [5.74, 6) is -0.0719. The van der Waals surface area contributed by atoms with Crippen LogP contribution >= 0.6 is 0 Å². The van der Waals surface area contributed by atoms with Gasteiger partial charge in [0, 0.05) is 11.3 Å². The van der Waals surface area contributed by atoms with Crippen molar-refractivity contribution in [3.8, 4) is 0 Å². The molecule has 1 atom stereocenters. The minimum Gasteiger partial charge on any atom is -0.399 e. The number of nitrogens with two attached hydrogens (primary N) is 2. The Hall–Kier alpha value is -2.44. The standard InChI is InChI=1S/C12H13FN6/c1-12(8-4-7(14)2-3-9(8)13)6-19-10(5-16-18-19)11(15)17-12/h2-5H,6,14H2,1H3,(H2,15,17). The van der Waals surface area contributed by atoms with Crippen molar-refractivity contribution < 1.29 is 4.39 Å². The van der Waals surface area contributed by atoms with Gasteiger partial charge in [0.25, 0.3) is 0 Å². The molecule has 0 bridgehead atoms. The molecule has 1 aliphatic rings. The first-order valence-corrected chi connectivity index (χ1v) is 5.79. The highest BCUT2D eigenvalue weighted by atomic mass is 19.1. The van der Waals surface area contributed by atoms with Crippen molar-refractivity contribution in [3.63, 3.8) is 0 Å². The number of nitrogens with zero attached hydrogens (tertiary/aromatic N) is 4. The van der Waals surface area contributed by atoms with Gasteiger partial charge in [-0.15, -0.1) is 5.10 Å². The zero-order valence-corrected chi connectivity index (χ0v) is 10.3. The molecule has 1 aliphatic heterocycles. The fourth-order valence-corrected chi connectivity index (χ4v) is 2.32. The predicted octanol–water partition coefficient (Wildman–Crippen LogP) is 0.634. The summed E-state index contributed by atoms with van der Waals surface area (Å²) in [6, 6.07) is 4.42. The van der Waals surface area contributed by atoms with Gasteiger partial charge in [0.2, 0.25) is 0 Å². The van der Waals surface area contributed by atoms with Gasteiger partial charge in [-0.1, -0.05) is 5.21 Å². The van der Waals surface area contributed by atoms with Crippen molar-refractivity contribution in [2.45, 2.75) is 19.0 Å². The molecule has 19 heavy (non-hydrogen) atoms. The van der Waals surface area contributed by atoms with E-state index in [4.69, 9.17) is 11.5 Å². The minimum atomic E-state index is -0.843. The average molecular weight is 260 g/mol. The molecule has 1 aromatic carbocycles. The second kappa shape index (κ2) is 3.78. The highest BCUT2D eigenvalue weighted by Crippen LogP contribution is 2.33. The summed E-state index contributed by atoms with van der Waals surface area (Å²) in [6.07, 6.45) is 1.54. The third-order valence-corrected chi connectivity index (χ3v) is 3.28. The van der Waals surface area contributed by atoms with Gasteiger partial charge >= 0.3 is 0 Å². The Balaban J connectivity index is 2.15. The summed E-state index contributed by atoms with van der Waals surface area (Å²) in [6.45, 7) is 2.16. The van der Waals surface area contributed by atoms with Crippen molar-refractivity contribution >= 4 is 11.5 Å². The van der Waals surface area contributed by atoms with E-state index in [1.165, 1.54) is 18.3 Å². The highest BCUT2D eigenvalue weighted by Gasteiger charge is 2.35. The number of hydrogen-bond donors (Lipinski definition) is 2. The Kier molecular flexibility index (Phi) is 2.31. The van der Waals surface area contributed by atoms with Gasteiger partial charge in [0.05, 0.1) is 12.7 Å². The first-order valence-electron chi connectivity index (χ1n) is 5.79. The smallest absolute Gasteiger partial charge is 0.146 e. The monoisotopic (exact) mass is 260 g/mol. The van der Waals surface area contributed by atoms with Crippen molar-refractivity contribution in [1.82, 2.24) is 15.0 Å². The maximum atomic E-state index is 14.0. The number of aromatic nitrogens is 3. The van der Waals surface area contributed by atoms with Gasteiger partial charge in [0.1, 0.15) is 22.9 Å². The quantitative estimate of drug-likeness (QED) is 0.735. The maximum absolute atomic E-state index is 14.0. The van der Waals surface area contributed by atoms with Crippen LogP contribution in [0.4, 0.5) is 10.1 Å². The fraction of sp³-hybridized carbons (Fsp3) is 0.250. The summed E-state index contributed by atoms with van der Waals surface area (Å²) in [5, 5.41) is 7.72. The van der Waals surface area contributed by atoms with Crippen molar-refractivity contribution in [3.05, 3.63) is 41.5 Å². The number of nitrogen functional groups attached to an aromatic ring is 1. The van der Waals surface area contributed by atoms with Crippen LogP contribution in [-0.2, 0) is 12.1 Å². The lowest BCUT2D eigenvalue weighted by Gasteiger charge is -2.30. The number of halogens is 1. The molecule has 0 spiro atoms. The Morgan fingerprint density at radius 1 is 1.37 bits per heavy atom. The van der Waals surface area contributed by atoms with Crippen molar-refractivity contribution in [1.29, 1.82) is 0 Å². The van der Waals surface area contributed by atoms with E-state index in [-0.39, 0.29) is 5.82 Å². The molecule has 7 heteroatoms. The number of aliphatic imine (C=N–C) groups is 1. The topological polar surface area (TPSA) is 95.1 Å². The lowest BCUT2D eigenvalue weighted by Crippen LogP contribution is -2.37. The summed E-state index contributed by atoms with van der Waals surface area (Å²) >= 11 is 0. The molecular weight excluding hydrogens is 247 g/mol. The van der Waals surface area contributed by atoms with Crippen LogP contribution in [0.3, 0.4) is 0 Å². The highest BCUT2D eigenvalue weighted by molar-refractivity contribution is 5.96. The van der Waals surface area contributed by atoms with Crippen LogP contribution in [0, 0.1) is 5.82 Å². The number of rotatable bonds is 1. The first-order chi connectivity index (χ1) is 8.99. The molecule has 0 saturated heterocycles. The molecule has 0 radical (unpaired) electrons. The molecule has 98 valence electrons. The third-order valence-electron chi connectivity index (χ3n) is 3.28. The van der Waals surface area contributed by atoms with Gasteiger partial charge in [-0.05, 0) is 25.1 Å². The van der Waals surface area contributed by atoms with E-state index in [0.29, 0.717) is 29.3 Å². The molecule has 2 aromatic rings. The van der Waals surface area contributed by atoms with Gasteiger partial charge < -0.3 is 11.5 Å². The van der Waals surface area contributed by atoms with E-state index < -0.39 is 5.54 Å². The largest absolute Gasteiger partial charge is 0.399 e. The molecule has 6 nitrogen and oxygen atoms in total. The Morgan fingerprint density at radius 3 is 2.95 bits per heavy atom. The van der Waals surface area contributed by atoms with E-state index in [0.717, 1.165) is 0 Å². The number of benzene rings is 1. The molecule has 1 aromatic heterocycles. The Labute approximate surface area is 108 Å².